The van der Waals surface area contributed by atoms with Gasteiger partial charge in [-0.25, -0.2) is 0 Å². The van der Waals surface area contributed by atoms with Crippen LogP contribution in [0.1, 0.15) is 24.9 Å². The Labute approximate surface area is 94.7 Å². The zero-order valence-electron chi connectivity index (χ0n) is 9.42. The predicted octanol–water partition coefficient (Wildman–Crippen LogP) is 1.88. The summed E-state index contributed by atoms with van der Waals surface area (Å²) in [6.45, 7) is 1.39. The van der Waals surface area contributed by atoms with Gasteiger partial charge in [-0.2, -0.15) is 5.06 Å². The lowest BCUT2D eigenvalue weighted by Crippen LogP contribution is -2.19. The molecular formula is C12H15NO3. The molecule has 4 nitrogen and oxygen atoms in total. The summed E-state index contributed by atoms with van der Waals surface area (Å²) in [4.78, 5) is 16.3. The van der Waals surface area contributed by atoms with E-state index in [4.69, 9.17) is 9.57 Å². The Bertz CT molecular complexity index is 366. The number of rotatable bonds is 2. The third-order valence-corrected chi connectivity index (χ3v) is 2.62. The van der Waals surface area contributed by atoms with Crippen LogP contribution < -0.4 is 0 Å². The largest absolute Gasteiger partial charge is 0.434 e. The van der Waals surface area contributed by atoms with Gasteiger partial charge in [-0.15, -0.1) is 0 Å². The standard InChI is InChI=1S/C12H15NO3/c1-9(14)15-12-8-11(13(2)16-12)10-6-4-3-5-7-10/h3-7,11-12H,8H2,1-2H3/t11-,12+/m0/s1. The number of hydroxylamine groups is 2. The quantitative estimate of drug-likeness (QED) is 0.715. The van der Waals surface area contributed by atoms with E-state index in [9.17, 15) is 4.79 Å². The lowest BCUT2D eigenvalue weighted by molar-refractivity contribution is -0.225. The molecule has 0 aromatic heterocycles. The molecule has 2 rings (SSSR count). The second-order valence-electron chi connectivity index (χ2n) is 3.85. The van der Waals surface area contributed by atoms with Crippen molar-refractivity contribution in [2.45, 2.75) is 25.7 Å². The Balaban J connectivity index is 2.05. The Morgan fingerprint density at radius 3 is 2.75 bits per heavy atom. The van der Waals surface area contributed by atoms with Crippen molar-refractivity contribution in [2.24, 2.45) is 0 Å². The molecule has 1 aromatic carbocycles. The van der Waals surface area contributed by atoms with Gasteiger partial charge in [0.05, 0.1) is 6.04 Å². The van der Waals surface area contributed by atoms with Gasteiger partial charge in [-0.1, -0.05) is 30.3 Å². The molecule has 4 heteroatoms. The molecule has 0 unspecified atom stereocenters. The van der Waals surface area contributed by atoms with Gasteiger partial charge in [0.2, 0.25) is 6.29 Å². The van der Waals surface area contributed by atoms with Crippen LogP contribution in [0.2, 0.25) is 0 Å². The Morgan fingerprint density at radius 2 is 2.12 bits per heavy atom. The summed E-state index contributed by atoms with van der Waals surface area (Å²) in [6.07, 6.45) is 0.202. The first-order chi connectivity index (χ1) is 7.66. The number of esters is 1. The van der Waals surface area contributed by atoms with E-state index in [1.807, 2.05) is 37.4 Å². The van der Waals surface area contributed by atoms with Gasteiger partial charge in [0.15, 0.2) is 0 Å². The van der Waals surface area contributed by atoms with Gasteiger partial charge in [-0.05, 0) is 5.56 Å². The van der Waals surface area contributed by atoms with Crippen molar-refractivity contribution in [2.75, 3.05) is 7.05 Å². The van der Waals surface area contributed by atoms with E-state index in [1.54, 1.807) is 5.06 Å². The number of ether oxygens (including phenoxy) is 1. The first-order valence-corrected chi connectivity index (χ1v) is 5.28. The normalized spacial score (nSPS) is 25.6. The van der Waals surface area contributed by atoms with Crippen LogP contribution in [0.5, 0.6) is 0 Å². The van der Waals surface area contributed by atoms with Crippen molar-refractivity contribution in [3.8, 4) is 0 Å². The molecule has 1 saturated heterocycles. The first-order valence-electron chi connectivity index (χ1n) is 5.28. The second-order valence-corrected chi connectivity index (χ2v) is 3.85. The maximum atomic E-state index is 10.8. The van der Waals surface area contributed by atoms with Crippen LogP contribution in [0.15, 0.2) is 30.3 Å². The number of nitrogens with zero attached hydrogens (tertiary/aromatic N) is 1. The van der Waals surface area contributed by atoms with E-state index in [1.165, 1.54) is 12.5 Å². The predicted molar refractivity (Wildman–Crippen MR) is 58.2 cm³/mol. The number of carbonyl (C=O) groups excluding carboxylic acids is 1. The molecule has 1 fully saturated rings. The Hall–Kier alpha value is -1.39. The second kappa shape index (κ2) is 4.63. The van der Waals surface area contributed by atoms with Crippen molar-refractivity contribution in [1.29, 1.82) is 0 Å². The summed E-state index contributed by atoms with van der Waals surface area (Å²) in [5, 5.41) is 1.74. The van der Waals surface area contributed by atoms with Gasteiger partial charge >= 0.3 is 5.97 Å². The molecule has 0 saturated carbocycles. The van der Waals surface area contributed by atoms with Crippen LogP contribution in [0.4, 0.5) is 0 Å². The van der Waals surface area contributed by atoms with Crippen LogP contribution in [0, 0.1) is 0 Å². The Morgan fingerprint density at radius 1 is 1.44 bits per heavy atom. The lowest BCUT2D eigenvalue weighted by atomic mass is 10.0. The fraction of sp³-hybridized carbons (Fsp3) is 0.417. The molecule has 0 N–H and O–H groups in total. The summed E-state index contributed by atoms with van der Waals surface area (Å²) in [5.41, 5.74) is 1.17. The summed E-state index contributed by atoms with van der Waals surface area (Å²) < 4.78 is 5.03. The maximum absolute atomic E-state index is 10.8. The van der Waals surface area contributed by atoms with E-state index >= 15 is 0 Å². The third kappa shape index (κ3) is 2.40. The number of hydrogen-bond acceptors (Lipinski definition) is 4. The Kier molecular flexibility index (Phi) is 3.22. The average Bonchev–Trinajstić information content (AvgIpc) is 2.60. The van der Waals surface area contributed by atoms with Gasteiger partial charge in [0.1, 0.15) is 0 Å². The molecule has 1 aromatic rings. The molecule has 0 bridgehead atoms. The minimum atomic E-state index is -0.465. The SMILES string of the molecule is CC(=O)O[C@H]1C[C@@H](c2ccccc2)N(C)O1. The van der Waals surface area contributed by atoms with E-state index in [0.717, 1.165) is 0 Å². The summed E-state index contributed by atoms with van der Waals surface area (Å²) in [7, 11) is 1.85. The van der Waals surface area contributed by atoms with Crippen molar-refractivity contribution in [3.63, 3.8) is 0 Å². The highest BCUT2D eigenvalue weighted by Gasteiger charge is 2.33. The number of carbonyl (C=O) groups is 1. The molecular weight excluding hydrogens is 206 g/mol. The van der Waals surface area contributed by atoms with Gasteiger partial charge in [0, 0.05) is 20.4 Å². The first kappa shape index (κ1) is 11.1. The van der Waals surface area contributed by atoms with E-state index < -0.39 is 6.29 Å². The molecule has 2 atom stereocenters. The molecule has 0 amide bonds. The van der Waals surface area contributed by atoms with Crippen molar-refractivity contribution in [3.05, 3.63) is 35.9 Å². The van der Waals surface area contributed by atoms with Crippen LogP contribution in [-0.2, 0) is 14.4 Å². The van der Waals surface area contributed by atoms with Gasteiger partial charge in [-0.3, -0.25) is 9.63 Å². The van der Waals surface area contributed by atoms with Crippen molar-refractivity contribution < 1.29 is 14.4 Å². The van der Waals surface area contributed by atoms with Crippen LogP contribution in [-0.4, -0.2) is 24.4 Å². The molecule has 1 heterocycles. The topological polar surface area (TPSA) is 38.8 Å². The molecule has 1 aliphatic heterocycles. The summed E-state index contributed by atoms with van der Waals surface area (Å²) >= 11 is 0. The average molecular weight is 221 g/mol. The summed E-state index contributed by atoms with van der Waals surface area (Å²) in [6, 6.07) is 10.2. The van der Waals surface area contributed by atoms with E-state index in [0.29, 0.717) is 6.42 Å². The highest BCUT2D eigenvalue weighted by Crippen LogP contribution is 2.32. The fourth-order valence-corrected chi connectivity index (χ4v) is 1.91. The molecule has 86 valence electrons. The van der Waals surface area contributed by atoms with Crippen molar-refractivity contribution >= 4 is 5.97 Å². The number of benzene rings is 1. The van der Waals surface area contributed by atoms with E-state index in [2.05, 4.69) is 0 Å². The highest BCUT2D eigenvalue weighted by molar-refractivity contribution is 5.66. The minimum absolute atomic E-state index is 0.144. The minimum Gasteiger partial charge on any atom is -0.434 e. The lowest BCUT2D eigenvalue weighted by Gasteiger charge is -2.16. The van der Waals surface area contributed by atoms with Gasteiger partial charge in [0.25, 0.3) is 0 Å². The van der Waals surface area contributed by atoms with Crippen LogP contribution >= 0.6 is 0 Å². The number of hydrogen-bond donors (Lipinski definition) is 0. The molecule has 1 aliphatic rings. The summed E-state index contributed by atoms with van der Waals surface area (Å²) in [5.74, 6) is -0.313. The molecule has 0 radical (unpaired) electrons. The zero-order valence-corrected chi connectivity index (χ0v) is 9.42. The highest BCUT2D eigenvalue weighted by atomic mass is 16.8. The molecule has 16 heavy (non-hydrogen) atoms. The maximum Gasteiger partial charge on any atom is 0.304 e. The van der Waals surface area contributed by atoms with E-state index in [-0.39, 0.29) is 12.0 Å². The monoisotopic (exact) mass is 221 g/mol. The zero-order chi connectivity index (χ0) is 11.5. The molecule has 0 aliphatic carbocycles. The van der Waals surface area contributed by atoms with Crippen LogP contribution in [0.25, 0.3) is 0 Å². The van der Waals surface area contributed by atoms with Gasteiger partial charge < -0.3 is 4.74 Å². The molecule has 0 spiro atoms. The smallest absolute Gasteiger partial charge is 0.304 e. The van der Waals surface area contributed by atoms with Crippen LogP contribution in [0.3, 0.4) is 0 Å². The van der Waals surface area contributed by atoms with Crippen molar-refractivity contribution in [1.82, 2.24) is 5.06 Å². The fourth-order valence-electron chi connectivity index (χ4n) is 1.91. The third-order valence-electron chi connectivity index (χ3n) is 2.62.